The Morgan fingerprint density at radius 1 is 1.21 bits per heavy atom. The molecule has 0 atom stereocenters. The van der Waals surface area contributed by atoms with Crippen LogP contribution in [0.4, 0.5) is 11.6 Å². The Balaban J connectivity index is 1.95. The molecule has 1 aliphatic rings. The van der Waals surface area contributed by atoms with Gasteiger partial charge in [0.25, 0.3) is 5.56 Å². The summed E-state index contributed by atoms with van der Waals surface area (Å²) < 4.78 is 0. The molecule has 0 unspecified atom stereocenters. The molecule has 19 heavy (non-hydrogen) atoms. The van der Waals surface area contributed by atoms with Crippen LogP contribution in [0.5, 0.6) is 0 Å². The fourth-order valence-corrected chi connectivity index (χ4v) is 3.45. The standard InChI is InChI=1S/C12H9Cl2N3OS/c13-6-1-7(14)3-8(2-6)15-12-16-10-5-19-4-9(10)11(18)17-12/h1-3H,4-5H2,(H2,15,16,17,18). The van der Waals surface area contributed by atoms with Gasteiger partial charge >= 0.3 is 0 Å². The van der Waals surface area contributed by atoms with Crippen LogP contribution in [0, 0.1) is 0 Å². The van der Waals surface area contributed by atoms with Gasteiger partial charge in [0.15, 0.2) is 0 Å². The molecular formula is C12H9Cl2N3OS. The van der Waals surface area contributed by atoms with Gasteiger partial charge in [0.2, 0.25) is 5.95 Å². The van der Waals surface area contributed by atoms with E-state index in [1.807, 2.05) is 0 Å². The van der Waals surface area contributed by atoms with Crippen molar-refractivity contribution in [3.63, 3.8) is 0 Å². The zero-order valence-electron chi connectivity index (χ0n) is 9.67. The lowest BCUT2D eigenvalue weighted by Gasteiger charge is -2.07. The number of thioether (sulfide) groups is 1. The van der Waals surface area contributed by atoms with E-state index in [9.17, 15) is 4.79 Å². The van der Waals surface area contributed by atoms with Gasteiger partial charge in [0.1, 0.15) is 0 Å². The van der Waals surface area contributed by atoms with Crippen LogP contribution < -0.4 is 10.9 Å². The van der Waals surface area contributed by atoms with Crippen molar-refractivity contribution < 1.29 is 0 Å². The maximum atomic E-state index is 11.9. The number of halogens is 2. The molecule has 1 aromatic carbocycles. The van der Waals surface area contributed by atoms with Gasteiger partial charge in [0.05, 0.1) is 5.69 Å². The third-order valence-electron chi connectivity index (χ3n) is 2.71. The van der Waals surface area contributed by atoms with Crippen molar-refractivity contribution >= 4 is 46.6 Å². The molecule has 0 bridgehead atoms. The normalized spacial score (nSPS) is 13.4. The second kappa shape index (κ2) is 5.07. The average Bonchev–Trinajstić information content (AvgIpc) is 2.75. The van der Waals surface area contributed by atoms with Gasteiger partial charge in [-0.1, -0.05) is 23.2 Å². The number of hydrogen-bond donors (Lipinski definition) is 2. The molecule has 0 saturated heterocycles. The van der Waals surface area contributed by atoms with E-state index in [1.54, 1.807) is 30.0 Å². The number of aromatic amines is 1. The lowest BCUT2D eigenvalue weighted by Crippen LogP contribution is -2.16. The van der Waals surface area contributed by atoms with Crippen LogP contribution in [-0.2, 0) is 11.5 Å². The molecule has 98 valence electrons. The first kappa shape index (κ1) is 12.8. The van der Waals surface area contributed by atoms with Gasteiger partial charge < -0.3 is 5.32 Å². The maximum absolute atomic E-state index is 11.9. The van der Waals surface area contributed by atoms with Crippen LogP contribution in [0.3, 0.4) is 0 Å². The molecule has 3 rings (SSSR count). The van der Waals surface area contributed by atoms with E-state index in [0.717, 1.165) is 22.8 Å². The highest BCUT2D eigenvalue weighted by Crippen LogP contribution is 2.27. The second-order valence-corrected chi connectivity index (χ2v) is 5.97. The minimum absolute atomic E-state index is 0.0920. The van der Waals surface area contributed by atoms with Crippen molar-refractivity contribution in [3.8, 4) is 0 Å². The van der Waals surface area contributed by atoms with Crippen LogP contribution in [0.1, 0.15) is 11.3 Å². The average molecular weight is 314 g/mol. The zero-order valence-corrected chi connectivity index (χ0v) is 12.0. The number of rotatable bonds is 2. The number of aromatic nitrogens is 2. The number of hydrogen-bond acceptors (Lipinski definition) is 4. The zero-order chi connectivity index (χ0) is 13.4. The highest BCUT2D eigenvalue weighted by Gasteiger charge is 2.17. The van der Waals surface area contributed by atoms with Gasteiger partial charge in [-0.3, -0.25) is 9.78 Å². The molecule has 7 heteroatoms. The largest absolute Gasteiger partial charge is 0.326 e. The van der Waals surface area contributed by atoms with Crippen molar-refractivity contribution in [2.45, 2.75) is 11.5 Å². The van der Waals surface area contributed by atoms with Gasteiger partial charge in [-0.15, -0.1) is 0 Å². The monoisotopic (exact) mass is 313 g/mol. The molecule has 0 fully saturated rings. The Kier molecular flexibility index (Phi) is 3.43. The summed E-state index contributed by atoms with van der Waals surface area (Å²) in [5, 5.41) is 4.06. The highest BCUT2D eigenvalue weighted by atomic mass is 35.5. The minimum Gasteiger partial charge on any atom is -0.326 e. The quantitative estimate of drug-likeness (QED) is 0.890. The molecular weight excluding hydrogens is 305 g/mol. The Bertz CT molecular complexity index is 682. The first-order valence-corrected chi connectivity index (χ1v) is 7.46. The number of benzene rings is 1. The number of H-pyrrole nitrogens is 1. The Morgan fingerprint density at radius 3 is 2.68 bits per heavy atom. The lowest BCUT2D eigenvalue weighted by molar-refractivity contribution is 1.03. The lowest BCUT2D eigenvalue weighted by atomic mass is 10.3. The molecule has 0 aliphatic carbocycles. The smallest absolute Gasteiger partial charge is 0.256 e. The van der Waals surface area contributed by atoms with Gasteiger partial charge in [-0.25, -0.2) is 4.98 Å². The molecule has 1 aromatic heterocycles. The van der Waals surface area contributed by atoms with Crippen LogP contribution in [0.25, 0.3) is 0 Å². The van der Waals surface area contributed by atoms with E-state index >= 15 is 0 Å². The molecule has 0 amide bonds. The number of fused-ring (bicyclic) bond motifs is 1. The molecule has 0 radical (unpaired) electrons. The second-order valence-electron chi connectivity index (χ2n) is 4.12. The summed E-state index contributed by atoms with van der Waals surface area (Å²) >= 11 is 13.5. The van der Waals surface area contributed by atoms with E-state index in [1.165, 1.54) is 0 Å². The molecule has 0 saturated carbocycles. The topological polar surface area (TPSA) is 57.8 Å². The van der Waals surface area contributed by atoms with Gasteiger partial charge in [-0.2, -0.15) is 11.8 Å². The molecule has 1 aliphatic heterocycles. The third kappa shape index (κ3) is 2.73. The fraction of sp³-hybridized carbons (Fsp3) is 0.167. The molecule has 2 heterocycles. The minimum atomic E-state index is -0.0920. The van der Waals surface area contributed by atoms with Crippen molar-refractivity contribution in [2.75, 3.05) is 5.32 Å². The van der Waals surface area contributed by atoms with Crippen molar-refractivity contribution in [3.05, 3.63) is 49.9 Å². The van der Waals surface area contributed by atoms with Crippen molar-refractivity contribution in [1.29, 1.82) is 0 Å². The Hall–Kier alpha value is -1.17. The molecule has 0 spiro atoms. The number of nitrogens with zero attached hydrogens (tertiary/aromatic N) is 1. The van der Waals surface area contributed by atoms with Gasteiger partial charge in [-0.05, 0) is 18.2 Å². The predicted molar refractivity (Wildman–Crippen MR) is 79.6 cm³/mol. The fourth-order valence-electron chi connectivity index (χ4n) is 1.88. The summed E-state index contributed by atoms with van der Waals surface area (Å²) in [4.78, 5) is 19.0. The highest BCUT2D eigenvalue weighted by molar-refractivity contribution is 7.98. The number of anilines is 2. The first-order chi connectivity index (χ1) is 9.11. The summed E-state index contributed by atoms with van der Waals surface area (Å²) in [6, 6.07) is 5.08. The molecule has 2 N–H and O–H groups in total. The summed E-state index contributed by atoms with van der Waals surface area (Å²) in [6.07, 6.45) is 0. The van der Waals surface area contributed by atoms with Crippen LogP contribution in [-0.4, -0.2) is 9.97 Å². The van der Waals surface area contributed by atoms with E-state index < -0.39 is 0 Å². The van der Waals surface area contributed by atoms with Crippen LogP contribution in [0.2, 0.25) is 10.0 Å². The summed E-state index contributed by atoms with van der Waals surface area (Å²) in [5.74, 6) is 1.90. The van der Waals surface area contributed by atoms with E-state index in [4.69, 9.17) is 23.2 Å². The van der Waals surface area contributed by atoms with E-state index in [-0.39, 0.29) is 5.56 Å². The maximum Gasteiger partial charge on any atom is 0.256 e. The summed E-state index contributed by atoms with van der Waals surface area (Å²) in [5.41, 5.74) is 2.20. The summed E-state index contributed by atoms with van der Waals surface area (Å²) in [7, 11) is 0. The third-order valence-corrected chi connectivity index (χ3v) is 4.12. The summed E-state index contributed by atoms with van der Waals surface area (Å²) in [6.45, 7) is 0. The van der Waals surface area contributed by atoms with Crippen molar-refractivity contribution in [2.24, 2.45) is 0 Å². The first-order valence-electron chi connectivity index (χ1n) is 5.55. The predicted octanol–water partition coefficient (Wildman–Crippen LogP) is 3.57. The SMILES string of the molecule is O=c1[nH]c(Nc2cc(Cl)cc(Cl)c2)nc2c1CSC2. The van der Waals surface area contributed by atoms with Crippen molar-refractivity contribution in [1.82, 2.24) is 9.97 Å². The molecule has 4 nitrogen and oxygen atoms in total. The van der Waals surface area contributed by atoms with E-state index in [2.05, 4.69) is 15.3 Å². The van der Waals surface area contributed by atoms with Gasteiger partial charge in [0, 0.05) is 32.8 Å². The van der Waals surface area contributed by atoms with Crippen LogP contribution >= 0.6 is 35.0 Å². The Labute approximate surface area is 123 Å². The Morgan fingerprint density at radius 2 is 1.95 bits per heavy atom. The van der Waals surface area contributed by atoms with E-state index in [0.29, 0.717) is 21.7 Å². The van der Waals surface area contributed by atoms with Crippen LogP contribution in [0.15, 0.2) is 23.0 Å². The number of nitrogens with one attached hydrogen (secondary N) is 2. The molecule has 2 aromatic rings.